The highest BCUT2D eigenvalue weighted by molar-refractivity contribution is 5.97. The summed E-state index contributed by atoms with van der Waals surface area (Å²) >= 11 is 0. The van der Waals surface area contributed by atoms with Crippen molar-refractivity contribution in [2.75, 3.05) is 26.8 Å². The summed E-state index contributed by atoms with van der Waals surface area (Å²) in [5.74, 6) is -3.90. The Morgan fingerprint density at radius 1 is 0.965 bits per heavy atom. The normalized spacial score (nSPS) is 23.2. The molecule has 3 aromatic rings. The van der Waals surface area contributed by atoms with Crippen LogP contribution in [-0.2, 0) is 62.1 Å². The second kappa shape index (κ2) is 16.5. The SMILES string of the molecule is CN(C(=O)C1=CC2OC3(Cc4ccccc4C3)OC2C(OC(=O)c2cccc(C=CC(=O)OC3C(=O)OCC3(C)C)c2)C1)C(Cc1ccccc1)C(=O)NCCO. The zero-order valence-corrected chi connectivity index (χ0v) is 32.1. The first-order chi connectivity index (χ1) is 27.3. The highest BCUT2D eigenvalue weighted by Gasteiger charge is 2.55. The van der Waals surface area contributed by atoms with E-state index in [4.69, 9.17) is 23.7 Å². The van der Waals surface area contributed by atoms with Crippen LogP contribution >= 0.6 is 0 Å². The molecule has 2 N–H and O–H groups in total. The third kappa shape index (κ3) is 8.70. The number of hydrogen-bond donors (Lipinski definition) is 2. The van der Waals surface area contributed by atoms with Gasteiger partial charge in [-0.2, -0.15) is 0 Å². The number of carbonyl (C=O) groups is 5. The van der Waals surface area contributed by atoms with Crippen LogP contribution in [0.3, 0.4) is 0 Å². The van der Waals surface area contributed by atoms with E-state index in [1.807, 2.05) is 54.6 Å². The zero-order chi connectivity index (χ0) is 40.3. The monoisotopic (exact) mass is 778 g/mol. The topological polar surface area (TPSA) is 167 Å². The molecule has 298 valence electrons. The summed E-state index contributed by atoms with van der Waals surface area (Å²) < 4.78 is 29.9. The average molecular weight is 779 g/mol. The Morgan fingerprint density at radius 3 is 2.37 bits per heavy atom. The van der Waals surface area contributed by atoms with Gasteiger partial charge in [0.1, 0.15) is 31.0 Å². The van der Waals surface area contributed by atoms with E-state index >= 15 is 0 Å². The van der Waals surface area contributed by atoms with Gasteiger partial charge in [0, 0.05) is 56.3 Å². The molecular weight excluding hydrogens is 732 g/mol. The second-order valence-electron chi connectivity index (χ2n) is 15.5. The third-order valence-electron chi connectivity index (χ3n) is 10.8. The van der Waals surface area contributed by atoms with Gasteiger partial charge in [0.25, 0.3) is 0 Å². The highest BCUT2D eigenvalue weighted by Crippen LogP contribution is 2.45. The number of ether oxygens (including phenoxy) is 5. The van der Waals surface area contributed by atoms with Gasteiger partial charge in [0.2, 0.25) is 17.9 Å². The number of nitrogens with zero attached hydrogens (tertiary/aromatic N) is 1. The van der Waals surface area contributed by atoms with Gasteiger partial charge in [0.15, 0.2) is 5.79 Å². The first kappa shape index (κ1) is 39.6. The average Bonchev–Trinajstić information content (AvgIpc) is 3.85. The number of aliphatic hydroxyl groups excluding tert-OH is 1. The van der Waals surface area contributed by atoms with Gasteiger partial charge in [-0.3, -0.25) is 9.59 Å². The Kier molecular flexibility index (Phi) is 11.4. The zero-order valence-electron chi connectivity index (χ0n) is 32.1. The van der Waals surface area contributed by atoms with E-state index in [0.717, 1.165) is 16.7 Å². The van der Waals surface area contributed by atoms with E-state index in [1.54, 1.807) is 51.2 Å². The minimum Gasteiger partial charge on any atom is -0.462 e. The van der Waals surface area contributed by atoms with E-state index in [0.29, 0.717) is 24.0 Å². The number of nitrogens with one attached hydrogen (secondary N) is 1. The van der Waals surface area contributed by atoms with Crippen LogP contribution in [0, 0.1) is 5.41 Å². The van der Waals surface area contributed by atoms with Gasteiger partial charge in [-0.15, -0.1) is 0 Å². The van der Waals surface area contributed by atoms with E-state index in [1.165, 1.54) is 17.1 Å². The molecular formula is C44H46N2O11. The molecule has 5 unspecified atom stereocenters. The summed E-state index contributed by atoms with van der Waals surface area (Å²) in [4.78, 5) is 67.7. The van der Waals surface area contributed by atoms with Crippen LogP contribution in [0.5, 0.6) is 0 Å². The first-order valence-corrected chi connectivity index (χ1v) is 19.0. The fourth-order valence-electron chi connectivity index (χ4n) is 7.79. The molecule has 13 heteroatoms. The number of cyclic esters (lactones) is 1. The van der Waals surface area contributed by atoms with Crippen molar-refractivity contribution in [2.45, 2.75) is 75.8 Å². The lowest BCUT2D eigenvalue weighted by molar-refractivity contribution is -0.172. The van der Waals surface area contributed by atoms with E-state index in [9.17, 15) is 29.1 Å². The molecule has 57 heavy (non-hydrogen) atoms. The fourth-order valence-corrected chi connectivity index (χ4v) is 7.79. The molecule has 0 aromatic heterocycles. The third-order valence-corrected chi connectivity index (χ3v) is 10.8. The molecule has 2 aliphatic heterocycles. The Balaban J connectivity index is 1.11. The predicted molar refractivity (Wildman–Crippen MR) is 205 cm³/mol. The van der Waals surface area contributed by atoms with Crippen LogP contribution in [0.4, 0.5) is 0 Å². The van der Waals surface area contributed by atoms with Crippen LogP contribution in [0.25, 0.3) is 6.08 Å². The Morgan fingerprint density at radius 2 is 1.68 bits per heavy atom. The van der Waals surface area contributed by atoms with Gasteiger partial charge in [0.05, 0.1) is 12.2 Å². The van der Waals surface area contributed by atoms with Gasteiger partial charge in [-0.05, 0) is 46.5 Å². The molecule has 0 bridgehead atoms. The minimum absolute atomic E-state index is 0.00975. The lowest BCUT2D eigenvalue weighted by atomic mass is 9.90. The van der Waals surface area contributed by atoms with Gasteiger partial charge in [-0.1, -0.05) is 80.6 Å². The molecule has 2 aliphatic carbocycles. The Bertz CT molecular complexity index is 2070. The molecule has 0 radical (unpaired) electrons. The Hall–Kier alpha value is -5.63. The van der Waals surface area contributed by atoms with Crippen LogP contribution in [0.2, 0.25) is 0 Å². The molecule has 2 amide bonds. The summed E-state index contributed by atoms with van der Waals surface area (Å²) in [7, 11) is 1.55. The summed E-state index contributed by atoms with van der Waals surface area (Å²) in [6.45, 7) is 3.46. The number of carbonyl (C=O) groups excluding carboxylic acids is 5. The maximum absolute atomic E-state index is 14.3. The summed E-state index contributed by atoms with van der Waals surface area (Å²) in [6, 6.07) is 22.8. The molecule has 0 saturated carbocycles. The molecule has 2 heterocycles. The molecule has 2 saturated heterocycles. The standard InChI is InChI=1S/C44H46N2O11/c1-43(2)26-53-42(52)38(43)55-36(48)17-16-28-12-9-15-29(20-28)41(51)54-34-22-32(23-35-37(34)57-44(56-35)24-30-13-7-8-14-31(30)25-44)40(50)46(3)33(39(49)45-18-19-47)21-27-10-5-4-6-11-27/h4-17,20,23,33-35,37-38,47H,18-19,21-22,24-26H2,1-3H3,(H,45,49). The van der Waals surface area contributed by atoms with Crippen molar-refractivity contribution in [3.63, 3.8) is 0 Å². The molecule has 1 spiro atoms. The molecule has 4 aliphatic rings. The number of likely N-dealkylation sites (N-methyl/N-ethyl adjacent to an activating group) is 1. The molecule has 3 aromatic carbocycles. The van der Waals surface area contributed by atoms with Crippen LogP contribution in [-0.4, -0.2) is 103 Å². The van der Waals surface area contributed by atoms with E-state index in [2.05, 4.69) is 5.32 Å². The van der Waals surface area contributed by atoms with Crippen molar-refractivity contribution in [2.24, 2.45) is 5.41 Å². The number of rotatable bonds is 12. The number of amides is 2. The summed E-state index contributed by atoms with van der Waals surface area (Å²) in [5, 5.41) is 12.1. The summed E-state index contributed by atoms with van der Waals surface area (Å²) in [6.07, 6.45) is 2.10. The molecule has 2 fully saturated rings. The van der Waals surface area contributed by atoms with Gasteiger partial charge >= 0.3 is 17.9 Å². The molecule has 7 rings (SSSR count). The van der Waals surface area contributed by atoms with Crippen LogP contribution in [0.15, 0.2) is 96.6 Å². The fraction of sp³-hybridized carbons (Fsp3) is 0.386. The number of benzene rings is 3. The van der Waals surface area contributed by atoms with Crippen molar-refractivity contribution >= 4 is 35.8 Å². The van der Waals surface area contributed by atoms with Crippen molar-refractivity contribution in [3.05, 3.63) is 124 Å². The molecule has 5 atom stereocenters. The predicted octanol–water partition coefficient (Wildman–Crippen LogP) is 3.51. The second-order valence-corrected chi connectivity index (χ2v) is 15.5. The summed E-state index contributed by atoms with van der Waals surface area (Å²) in [5.41, 5.74) is 3.34. The number of fused-ring (bicyclic) bond motifs is 2. The van der Waals surface area contributed by atoms with Crippen LogP contribution < -0.4 is 5.32 Å². The quantitative estimate of drug-likeness (QED) is 0.157. The number of hydrogen-bond acceptors (Lipinski definition) is 11. The lowest BCUT2D eigenvalue weighted by Gasteiger charge is -2.33. The van der Waals surface area contributed by atoms with E-state index in [-0.39, 0.29) is 38.2 Å². The van der Waals surface area contributed by atoms with Gasteiger partial charge < -0.3 is 39.0 Å². The van der Waals surface area contributed by atoms with Crippen molar-refractivity contribution in [1.82, 2.24) is 10.2 Å². The van der Waals surface area contributed by atoms with Crippen molar-refractivity contribution in [1.29, 1.82) is 0 Å². The molecule has 13 nitrogen and oxygen atoms in total. The van der Waals surface area contributed by atoms with Crippen LogP contribution in [0.1, 0.15) is 52.9 Å². The number of aliphatic hydroxyl groups is 1. The number of esters is 3. The lowest BCUT2D eigenvalue weighted by Crippen LogP contribution is -2.51. The van der Waals surface area contributed by atoms with Crippen molar-refractivity contribution < 1.29 is 52.8 Å². The first-order valence-electron chi connectivity index (χ1n) is 19.0. The maximum atomic E-state index is 14.3. The Labute approximate surface area is 330 Å². The van der Waals surface area contributed by atoms with Gasteiger partial charge in [-0.25, -0.2) is 14.4 Å². The minimum atomic E-state index is -1.03. The van der Waals surface area contributed by atoms with E-state index < -0.39 is 71.4 Å². The maximum Gasteiger partial charge on any atom is 0.348 e. The largest absolute Gasteiger partial charge is 0.462 e. The van der Waals surface area contributed by atoms with Crippen molar-refractivity contribution in [3.8, 4) is 0 Å². The smallest absolute Gasteiger partial charge is 0.348 e. The highest BCUT2D eigenvalue weighted by atomic mass is 16.8.